The summed E-state index contributed by atoms with van der Waals surface area (Å²) >= 11 is 0. The second-order valence-corrected chi connectivity index (χ2v) is 3.80. The Balaban J connectivity index is 2.30. The molecule has 0 saturated carbocycles. The van der Waals surface area contributed by atoms with E-state index in [9.17, 15) is 0 Å². The summed E-state index contributed by atoms with van der Waals surface area (Å²) in [5, 5.41) is 3.58. The highest BCUT2D eigenvalue weighted by Gasteiger charge is 2.09. The Hall–Kier alpha value is -0.480. The fraction of sp³-hybridized carbons (Fsp3) is 0.818. The summed E-state index contributed by atoms with van der Waals surface area (Å²) in [6, 6.07) is 1.32. The van der Waals surface area contributed by atoms with E-state index in [0.717, 1.165) is 12.8 Å². The van der Waals surface area contributed by atoms with E-state index in [1.54, 1.807) is 0 Å². The number of hydrogen-bond donors (Lipinski definition) is 1. The Morgan fingerprint density at radius 1 is 1.17 bits per heavy atom. The van der Waals surface area contributed by atoms with E-state index in [1.165, 1.54) is 19.3 Å². The monoisotopic (exact) mass is 165 g/mol. The minimum Gasteiger partial charge on any atom is -0.312 e. The quantitative estimate of drug-likeness (QED) is 0.619. The van der Waals surface area contributed by atoms with Gasteiger partial charge in [0, 0.05) is 24.9 Å². The molecule has 0 aromatic heterocycles. The minimum atomic E-state index is 0.613. The molecule has 1 unspecified atom stereocenters. The summed E-state index contributed by atoms with van der Waals surface area (Å²) in [7, 11) is 0. The van der Waals surface area contributed by atoms with Crippen LogP contribution in [0.1, 0.15) is 46.0 Å². The zero-order valence-corrected chi connectivity index (χ0v) is 8.19. The van der Waals surface area contributed by atoms with Crippen LogP contribution in [-0.4, -0.2) is 12.1 Å². The van der Waals surface area contributed by atoms with Gasteiger partial charge in [-0.1, -0.05) is 13.8 Å². The van der Waals surface area contributed by atoms with E-state index in [1.807, 2.05) is 0 Å². The lowest BCUT2D eigenvalue weighted by Crippen LogP contribution is -2.34. The topological polar surface area (TPSA) is 12.0 Å². The predicted octanol–water partition coefficient (Wildman–Crippen LogP) is 2.32. The van der Waals surface area contributed by atoms with Crippen molar-refractivity contribution in [2.24, 2.45) is 0 Å². The SMILES string of the molecule is CC(C)NC1CCC#CCCC1. The molecule has 0 fully saturated rings. The Labute approximate surface area is 75.9 Å². The largest absolute Gasteiger partial charge is 0.312 e. The lowest BCUT2D eigenvalue weighted by Gasteiger charge is -2.20. The van der Waals surface area contributed by atoms with Gasteiger partial charge in [0.25, 0.3) is 0 Å². The number of hydrogen-bond acceptors (Lipinski definition) is 1. The maximum atomic E-state index is 3.58. The smallest absolute Gasteiger partial charge is 0.0103 e. The van der Waals surface area contributed by atoms with E-state index < -0.39 is 0 Å². The van der Waals surface area contributed by atoms with E-state index in [2.05, 4.69) is 31.0 Å². The molecule has 0 aromatic carbocycles. The van der Waals surface area contributed by atoms with Crippen molar-refractivity contribution in [3.05, 3.63) is 0 Å². The number of rotatable bonds is 2. The third kappa shape index (κ3) is 3.78. The molecule has 0 heterocycles. The summed E-state index contributed by atoms with van der Waals surface area (Å²) in [5.74, 6) is 6.38. The van der Waals surface area contributed by atoms with Crippen LogP contribution in [0.4, 0.5) is 0 Å². The highest BCUT2D eigenvalue weighted by molar-refractivity contribution is 5.00. The molecule has 0 aromatic rings. The summed E-state index contributed by atoms with van der Waals surface area (Å²) in [4.78, 5) is 0. The van der Waals surface area contributed by atoms with Crippen LogP contribution in [0, 0.1) is 11.8 Å². The molecular weight excluding hydrogens is 146 g/mol. The van der Waals surface area contributed by atoms with Gasteiger partial charge in [-0.2, -0.15) is 0 Å². The molecule has 1 rings (SSSR count). The first-order chi connectivity index (χ1) is 5.79. The number of nitrogens with one attached hydrogen (secondary N) is 1. The lowest BCUT2D eigenvalue weighted by atomic mass is 10.0. The van der Waals surface area contributed by atoms with Crippen LogP contribution in [0.25, 0.3) is 0 Å². The Morgan fingerprint density at radius 2 is 1.92 bits per heavy atom. The molecule has 0 bridgehead atoms. The summed E-state index contributed by atoms with van der Waals surface area (Å²) in [6.07, 6.45) is 5.95. The van der Waals surface area contributed by atoms with Crippen molar-refractivity contribution < 1.29 is 0 Å². The van der Waals surface area contributed by atoms with Gasteiger partial charge in [0.1, 0.15) is 0 Å². The van der Waals surface area contributed by atoms with Gasteiger partial charge in [-0.15, -0.1) is 11.8 Å². The van der Waals surface area contributed by atoms with Crippen molar-refractivity contribution in [3.8, 4) is 11.8 Å². The Kier molecular flexibility index (Phi) is 4.18. The molecule has 0 saturated heterocycles. The van der Waals surface area contributed by atoms with E-state index in [4.69, 9.17) is 0 Å². The van der Waals surface area contributed by atoms with Crippen LogP contribution in [0.15, 0.2) is 0 Å². The van der Waals surface area contributed by atoms with Gasteiger partial charge in [0.15, 0.2) is 0 Å². The van der Waals surface area contributed by atoms with Gasteiger partial charge < -0.3 is 5.32 Å². The van der Waals surface area contributed by atoms with Crippen LogP contribution < -0.4 is 5.32 Å². The molecular formula is C11H19N. The Bertz CT molecular complexity index is 173. The summed E-state index contributed by atoms with van der Waals surface area (Å²) < 4.78 is 0. The van der Waals surface area contributed by atoms with Gasteiger partial charge >= 0.3 is 0 Å². The van der Waals surface area contributed by atoms with Crippen molar-refractivity contribution in [2.45, 2.75) is 58.0 Å². The van der Waals surface area contributed by atoms with Crippen molar-refractivity contribution >= 4 is 0 Å². The van der Waals surface area contributed by atoms with E-state index in [0.29, 0.717) is 12.1 Å². The third-order valence-corrected chi connectivity index (χ3v) is 2.17. The average molecular weight is 165 g/mol. The lowest BCUT2D eigenvalue weighted by molar-refractivity contribution is 0.411. The molecule has 68 valence electrons. The van der Waals surface area contributed by atoms with Crippen molar-refractivity contribution in [3.63, 3.8) is 0 Å². The van der Waals surface area contributed by atoms with Crippen LogP contribution in [-0.2, 0) is 0 Å². The molecule has 0 spiro atoms. The van der Waals surface area contributed by atoms with Crippen LogP contribution in [0.3, 0.4) is 0 Å². The molecule has 0 amide bonds. The minimum absolute atomic E-state index is 0.613. The van der Waals surface area contributed by atoms with Gasteiger partial charge in [-0.3, -0.25) is 0 Å². The van der Waals surface area contributed by atoms with E-state index >= 15 is 0 Å². The first-order valence-corrected chi connectivity index (χ1v) is 5.01. The fourth-order valence-electron chi connectivity index (χ4n) is 1.64. The highest BCUT2D eigenvalue weighted by atomic mass is 14.9. The van der Waals surface area contributed by atoms with Gasteiger partial charge in [0.2, 0.25) is 0 Å². The molecule has 0 aliphatic heterocycles. The molecule has 1 atom stereocenters. The second-order valence-electron chi connectivity index (χ2n) is 3.80. The van der Waals surface area contributed by atoms with Gasteiger partial charge in [-0.25, -0.2) is 0 Å². The van der Waals surface area contributed by atoms with Gasteiger partial charge in [0.05, 0.1) is 0 Å². The maximum absolute atomic E-state index is 3.58. The van der Waals surface area contributed by atoms with Gasteiger partial charge in [-0.05, 0) is 19.3 Å². The second kappa shape index (κ2) is 5.22. The molecule has 12 heavy (non-hydrogen) atoms. The normalized spacial score (nSPS) is 24.1. The molecule has 0 radical (unpaired) electrons. The molecule has 1 nitrogen and oxygen atoms in total. The third-order valence-electron chi connectivity index (χ3n) is 2.17. The van der Waals surface area contributed by atoms with Crippen LogP contribution in [0.5, 0.6) is 0 Å². The zero-order chi connectivity index (χ0) is 8.81. The predicted molar refractivity (Wildman–Crippen MR) is 52.9 cm³/mol. The van der Waals surface area contributed by atoms with Crippen molar-refractivity contribution in [1.82, 2.24) is 5.32 Å². The van der Waals surface area contributed by atoms with Crippen LogP contribution >= 0.6 is 0 Å². The maximum Gasteiger partial charge on any atom is 0.0103 e. The van der Waals surface area contributed by atoms with E-state index in [-0.39, 0.29) is 0 Å². The first-order valence-electron chi connectivity index (χ1n) is 5.01. The first kappa shape index (κ1) is 9.61. The van der Waals surface area contributed by atoms with Crippen molar-refractivity contribution in [2.75, 3.05) is 0 Å². The fourth-order valence-corrected chi connectivity index (χ4v) is 1.64. The molecule has 1 N–H and O–H groups in total. The van der Waals surface area contributed by atoms with Crippen LogP contribution in [0.2, 0.25) is 0 Å². The standard InChI is InChI=1S/C11H19N/c1-10(2)12-11-8-6-4-3-5-7-9-11/h10-12H,4,6-9H2,1-2H3. The molecule has 1 heteroatoms. The summed E-state index contributed by atoms with van der Waals surface area (Å²) in [6.45, 7) is 4.43. The highest BCUT2D eigenvalue weighted by Crippen LogP contribution is 2.09. The summed E-state index contributed by atoms with van der Waals surface area (Å²) in [5.41, 5.74) is 0. The average Bonchev–Trinajstić information content (AvgIpc) is 1.93. The molecule has 1 aliphatic carbocycles. The zero-order valence-electron chi connectivity index (χ0n) is 8.19. The molecule has 1 aliphatic rings. The Morgan fingerprint density at radius 3 is 2.67 bits per heavy atom. The van der Waals surface area contributed by atoms with Crippen molar-refractivity contribution in [1.29, 1.82) is 0 Å².